The molecule has 9 nitrogen and oxygen atoms in total. The minimum atomic E-state index is -0.323. The molecule has 0 unspecified atom stereocenters. The number of hydrogen-bond donors (Lipinski definition) is 2. The highest BCUT2D eigenvalue weighted by Crippen LogP contribution is 2.27. The summed E-state index contributed by atoms with van der Waals surface area (Å²) in [6.07, 6.45) is 2.99. The van der Waals surface area contributed by atoms with Crippen molar-refractivity contribution in [3.63, 3.8) is 0 Å². The fraction of sp³-hybridized carbons (Fsp3) is 0.577. The lowest BCUT2D eigenvalue weighted by Gasteiger charge is -2.35. The van der Waals surface area contributed by atoms with Crippen LogP contribution in [0.1, 0.15) is 59.5 Å². The number of methoxy groups -OCH3 is 1. The van der Waals surface area contributed by atoms with E-state index in [0.717, 1.165) is 62.7 Å². The minimum absolute atomic E-state index is 0.190. The number of hydrogen-bond acceptors (Lipinski definition) is 8. The number of anilines is 2. The third-order valence-electron chi connectivity index (χ3n) is 6.79. The standard InChI is InChI=1S/C26H37N5O4S/c1-4-9-27-24(32)21-13-18(14-30-11-12-35-16-19(30)5-2)6-7-22(21)28-25(33)23-17-36-26(29-23)31-10-8-20(15-31)34-3/h6-7,13,17,19-20H,4-5,8-12,14-16H2,1-3H3,(H,27,32)(H,28,33)/t19-,20+/m1/s1. The summed E-state index contributed by atoms with van der Waals surface area (Å²) in [5.41, 5.74) is 2.33. The van der Waals surface area contributed by atoms with Gasteiger partial charge in [0.15, 0.2) is 5.13 Å². The Morgan fingerprint density at radius 2 is 2.11 bits per heavy atom. The van der Waals surface area contributed by atoms with Gasteiger partial charge in [-0.1, -0.05) is 19.9 Å². The zero-order chi connectivity index (χ0) is 25.5. The van der Waals surface area contributed by atoms with Crippen LogP contribution in [-0.4, -0.2) is 80.3 Å². The molecule has 0 radical (unpaired) electrons. The van der Waals surface area contributed by atoms with Gasteiger partial charge in [-0.3, -0.25) is 14.5 Å². The summed E-state index contributed by atoms with van der Waals surface area (Å²) < 4.78 is 11.1. The predicted molar refractivity (Wildman–Crippen MR) is 142 cm³/mol. The van der Waals surface area contributed by atoms with Crippen molar-refractivity contribution in [2.45, 2.75) is 51.8 Å². The summed E-state index contributed by atoms with van der Waals surface area (Å²) in [6, 6.07) is 6.07. The molecule has 3 heterocycles. The molecule has 2 atom stereocenters. The van der Waals surface area contributed by atoms with Gasteiger partial charge in [0.1, 0.15) is 5.69 Å². The number of carbonyl (C=O) groups is 2. The maximum Gasteiger partial charge on any atom is 0.275 e. The van der Waals surface area contributed by atoms with Gasteiger partial charge in [0.05, 0.1) is 30.6 Å². The van der Waals surface area contributed by atoms with E-state index >= 15 is 0 Å². The molecule has 2 aliphatic rings. The van der Waals surface area contributed by atoms with Gasteiger partial charge in [0.25, 0.3) is 11.8 Å². The van der Waals surface area contributed by atoms with Crippen LogP contribution in [0.2, 0.25) is 0 Å². The molecule has 2 saturated heterocycles. The van der Waals surface area contributed by atoms with Crippen molar-refractivity contribution in [1.29, 1.82) is 0 Å². The van der Waals surface area contributed by atoms with Crippen LogP contribution in [0.5, 0.6) is 0 Å². The molecule has 196 valence electrons. The fourth-order valence-electron chi connectivity index (χ4n) is 4.62. The van der Waals surface area contributed by atoms with Crippen molar-refractivity contribution >= 4 is 34.0 Å². The zero-order valence-electron chi connectivity index (χ0n) is 21.4. The lowest BCUT2D eigenvalue weighted by atomic mass is 10.0. The van der Waals surface area contributed by atoms with Crippen LogP contribution < -0.4 is 15.5 Å². The SMILES string of the molecule is CCCNC(=O)c1cc(CN2CCOC[C@H]2CC)ccc1NC(=O)c1csc(N2CC[C@H](OC)C2)n1. The van der Waals surface area contributed by atoms with Crippen molar-refractivity contribution in [3.05, 3.63) is 40.4 Å². The average Bonchev–Trinajstić information content (AvgIpc) is 3.58. The van der Waals surface area contributed by atoms with E-state index in [1.54, 1.807) is 12.5 Å². The molecule has 0 bridgehead atoms. The van der Waals surface area contributed by atoms with Crippen molar-refractivity contribution < 1.29 is 19.1 Å². The van der Waals surface area contributed by atoms with E-state index in [1.165, 1.54) is 11.3 Å². The second-order valence-corrected chi connectivity index (χ2v) is 10.1. The van der Waals surface area contributed by atoms with Crippen molar-refractivity contribution in [1.82, 2.24) is 15.2 Å². The summed E-state index contributed by atoms with van der Waals surface area (Å²) in [5.74, 6) is -0.513. The number of ether oxygens (including phenoxy) is 2. The van der Waals surface area contributed by atoms with Crippen LogP contribution in [0.3, 0.4) is 0 Å². The van der Waals surface area contributed by atoms with Gasteiger partial charge in [0.2, 0.25) is 0 Å². The van der Waals surface area contributed by atoms with E-state index in [4.69, 9.17) is 9.47 Å². The Morgan fingerprint density at radius 1 is 1.25 bits per heavy atom. The average molecular weight is 516 g/mol. The molecule has 1 aromatic carbocycles. The lowest BCUT2D eigenvalue weighted by Crippen LogP contribution is -2.44. The first-order chi connectivity index (χ1) is 17.5. The summed E-state index contributed by atoms with van der Waals surface area (Å²) in [6.45, 7) is 9.43. The molecule has 0 saturated carbocycles. The molecule has 2 amide bonds. The van der Waals surface area contributed by atoms with Crippen LogP contribution in [0, 0.1) is 0 Å². The van der Waals surface area contributed by atoms with Crippen LogP contribution >= 0.6 is 11.3 Å². The zero-order valence-corrected chi connectivity index (χ0v) is 22.2. The first-order valence-corrected chi connectivity index (χ1v) is 13.7. The number of aromatic nitrogens is 1. The summed E-state index contributed by atoms with van der Waals surface area (Å²) >= 11 is 1.45. The number of nitrogens with zero attached hydrogens (tertiary/aromatic N) is 3. The van der Waals surface area contributed by atoms with Crippen LogP contribution in [-0.2, 0) is 16.0 Å². The highest BCUT2D eigenvalue weighted by Gasteiger charge is 2.26. The molecule has 1 aromatic heterocycles. The number of carbonyl (C=O) groups excluding carboxylic acids is 2. The van der Waals surface area contributed by atoms with Crippen molar-refractivity contribution in [2.75, 3.05) is 56.7 Å². The quantitative estimate of drug-likeness (QED) is 0.501. The molecule has 0 spiro atoms. The lowest BCUT2D eigenvalue weighted by molar-refractivity contribution is -0.0127. The van der Waals surface area contributed by atoms with Gasteiger partial charge < -0.3 is 25.0 Å². The summed E-state index contributed by atoms with van der Waals surface area (Å²) in [4.78, 5) is 35.2. The van der Waals surface area contributed by atoms with E-state index in [1.807, 2.05) is 25.1 Å². The van der Waals surface area contributed by atoms with Gasteiger partial charge in [-0.2, -0.15) is 0 Å². The second-order valence-electron chi connectivity index (χ2n) is 9.31. The number of amides is 2. The fourth-order valence-corrected chi connectivity index (χ4v) is 5.47. The molecule has 2 aromatic rings. The van der Waals surface area contributed by atoms with E-state index in [0.29, 0.717) is 36.1 Å². The van der Waals surface area contributed by atoms with Gasteiger partial charge >= 0.3 is 0 Å². The van der Waals surface area contributed by atoms with E-state index < -0.39 is 0 Å². The molecule has 36 heavy (non-hydrogen) atoms. The Balaban J connectivity index is 1.50. The topological polar surface area (TPSA) is 96.0 Å². The Morgan fingerprint density at radius 3 is 2.86 bits per heavy atom. The Kier molecular flexibility index (Phi) is 9.30. The van der Waals surface area contributed by atoms with Gasteiger partial charge in [-0.25, -0.2) is 4.98 Å². The molecule has 2 N–H and O–H groups in total. The third-order valence-corrected chi connectivity index (χ3v) is 7.69. The monoisotopic (exact) mass is 515 g/mol. The van der Waals surface area contributed by atoms with Gasteiger partial charge in [-0.05, 0) is 37.0 Å². The number of thiazole rings is 1. The van der Waals surface area contributed by atoms with Gasteiger partial charge in [-0.15, -0.1) is 11.3 Å². The first kappa shape index (κ1) is 26.5. The Hall–Kier alpha value is -2.53. The van der Waals surface area contributed by atoms with Crippen LogP contribution in [0.4, 0.5) is 10.8 Å². The maximum atomic E-state index is 13.1. The van der Waals surface area contributed by atoms with E-state index in [-0.39, 0.29) is 17.9 Å². The number of rotatable bonds is 10. The van der Waals surface area contributed by atoms with Crippen molar-refractivity contribution in [2.24, 2.45) is 0 Å². The highest BCUT2D eigenvalue weighted by atomic mass is 32.1. The number of morpholine rings is 1. The smallest absolute Gasteiger partial charge is 0.275 e. The molecule has 0 aliphatic carbocycles. The Labute approximate surface area is 217 Å². The van der Waals surface area contributed by atoms with Crippen LogP contribution in [0.25, 0.3) is 0 Å². The maximum absolute atomic E-state index is 13.1. The van der Waals surface area contributed by atoms with E-state index in [2.05, 4.69) is 32.3 Å². The normalized spacial score (nSPS) is 20.5. The number of nitrogens with one attached hydrogen (secondary N) is 2. The van der Waals surface area contributed by atoms with Gasteiger partial charge in [0, 0.05) is 51.3 Å². The molecular weight excluding hydrogens is 478 g/mol. The second kappa shape index (κ2) is 12.6. The Bertz CT molecular complexity index is 1050. The third kappa shape index (κ3) is 6.42. The minimum Gasteiger partial charge on any atom is -0.380 e. The van der Waals surface area contributed by atoms with Crippen molar-refractivity contribution in [3.8, 4) is 0 Å². The summed E-state index contributed by atoms with van der Waals surface area (Å²) in [5, 5.41) is 8.45. The van der Waals surface area contributed by atoms with Crippen LogP contribution in [0.15, 0.2) is 23.6 Å². The van der Waals surface area contributed by atoms with E-state index in [9.17, 15) is 9.59 Å². The molecular formula is C26H37N5O4S. The molecule has 2 aliphatic heterocycles. The highest BCUT2D eigenvalue weighted by molar-refractivity contribution is 7.14. The number of benzene rings is 1. The first-order valence-electron chi connectivity index (χ1n) is 12.8. The molecule has 10 heteroatoms. The molecule has 4 rings (SSSR count). The predicted octanol–water partition coefficient (Wildman–Crippen LogP) is 3.37. The molecule has 2 fully saturated rings. The largest absolute Gasteiger partial charge is 0.380 e. The summed E-state index contributed by atoms with van der Waals surface area (Å²) in [7, 11) is 1.72.